The molecule has 28 heavy (non-hydrogen) atoms. The maximum atomic E-state index is 13.0. The molecule has 3 rings (SSSR count). The Balaban J connectivity index is 1.60. The molecule has 0 N–H and O–H groups in total. The van der Waals surface area contributed by atoms with Crippen molar-refractivity contribution in [2.75, 3.05) is 38.2 Å². The van der Waals surface area contributed by atoms with Crippen LogP contribution in [0.2, 0.25) is 5.02 Å². The molecule has 150 valence electrons. The second kappa shape index (κ2) is 8.31. The van der Waals surface area contributed by atoms with E-state index in [2.05, 4.69) is 4.90 Å². The lowest BCUT2D eigenvalue weighted by molar-refractivity contribution is -0.145. The van der Waals surface area contributed by atoms with Gasteiger partial charge in [-0.15, -0.1) is 0 Å². The van der Waals surface area contributed by atoms with Gasteiger partial charge in [-0.25, -0.2) is 0 Å². The molecule has 0 spiro atoms. The average molecular weight is 403 g/mol. The second-order valence-electron chi connectivity index (χ2n) is 7.50. The molecule has 1 saturated heterocycles. The van der Waals surface area contributed by atoms with Crippen LogP contribution in [-0.2, 0) is 4.79 Å². The minimum absolute atomic E-state index is 0.00511. The molecule has 6 heteroatoms. The lowest BCUT2D eigenvalue weighted by atomic mass is 10.1. The number of aryl methyl sites for hydroxylation is 1. The van der Waals surface area contributed by atoms with E-state index in [-0.39, 0.29) is 5.91 Å². The number of nitrogens with zero attached hydrogens (tertiary/aromatic N) is 2. The normalized spacial score (nSPS) is 14.8. The van der Waals surface area contributed by atoms with Crippen LogP contribution in [0.4, 0.5) is 5.69 Å². The molecular formula is C22H27ClN2O3. The van der Waals surface area contributed by atoms with Gasteiger partial charge in [0.05, 0.1) is 7.11 Å². The SMILES string of the molecule is COc1ccc(N2CCN(C(=O)C(C)(C)Oc3ccc(Cl)c(C)c3)CC2)cc1. The zero-order chi connectivity index (χ0) is 20.3. The van der Waals surface area contributed by atoms with Crippen LogP contribution in [0.3, 0.4) is 0 Å². The van der Waals surface area contributed by atoms with Gasteiger partial charge in [-0.3, -0.25) is 4.79 Å². The van der Waals surface area contributed by atoms with Gasteiger partial charge in [0, 0.05) is 36.9 Å². The van der Waals surface area contributed by atoms with E-state index in [0.29, 0.717) is 23.9 Å². The molecule has 1 fully saturated rings. The van der Waals surface area contributed by atoms with E-state index < -0.39 is 5.60 Å². The van der Waals surface area contributed by atoms with Crippen LogP contribution in [0, 0.1) is 6.92 Å². The molecular weight excluding hydrogens is 376 g/mol. The number of halogens is 1. The van der Waals surface area contributed by atoms with Crippen LogP contribution in [0.5, 0.6) is 11.5 Å². The lowest BCUT2D eigenvalue weighted by Gasteiger charge is -2.39. The Labute approximate surface area is 171 Å². The number of amides is 1. The molecule has 0 aromatic heterocycles. The van der Waals surface area contributed by atoms with Gasteiger partial charge in [-0.05, 0) is 68.8 Å². The molecule has 1 aliphatic heterocycles. The minimum Gasteiger partial charge on any atom is -0.497 e. The maximum absolute atomic E-state index is 13.0. The largest absolute Gasteiger partial charge is 0.497 e. The summed E-state index contributed by atoms with van der Waals surface area (Å²) in [6.07, 6.45) is 0. The average Bonchev–Trinajstić information content (AvgIpc) is 2.70. The van der Waals surface area contributed by atoms with Crippen LogP contribution in [-0.4, -0.2) is 49.7 Å². The summed E-state index contributed by atoms with van der Waals surface area (Å²) < 4.78 is 11.2. The summed E-state index contributed by atoms with van der Waals surface area (Å²) in [6, 6.07) is 13.5. The molecule has 0 bridgehead atoms. The fraction of sp³-hybridized carbons (Fsp3) is 0.409. The molecule has 1 heterocycles. The monoisotopic (exact) mass is 402 g/mol. The van der Waals surface area contributed by atoms with E-state index in [9.17, 15) is 4.79 Å². The van der Waals surface area contributed by atoms with Gasteiger partial charge in [0.25, 0.3) is 5.91 Å². The van der Waals surface area contributed by atoms with Crippen LogP contribution in [0.25, 0.3) is 0 Å². The van der Waals surface area contributed by atoms with Crippen molar-refractivity contribution in [2.24, 2.45) is 0 Å². The number of methoxy groups -OCH3 is 1. The van der Waals surface area contributed by atoms with Crippen LogP contribution in [0.1, 0.15) is 19.4 Å². The van der Waals surface area contributed by atoms with E-state index in [1.807, 2.05) is 56.0 Å². The zero-order valence-corrected chi connectivity index (χ0v) is 17.6. The topological polar surface area (TPSA) is 42.0 Å². The number of benzene rings is 2. The zero-order valence-electron chi connectivity index (χ0n) is 16.9. The highest BCUT2D eigenvalue weighted by Crippen LogP contribution is 2.26. The van der Waals surface area contributed by atoms with Gasteiger partial charge < -0.3 is 19.3 Å². The van der Waals surface area contributed by atoms with Crippen LogP contribution in [0.15, 0.2) is 42.5 Å². The van der Waals surface area contributed by atoms with E-state index >= 15 is 0 Å². The number of hydrogen-bond acceptors (Lipinski definition) is 4. The first kappa shape index (κ1) is 20.3. The van der Waals surface area contributed by atoms with Crippen molar-refractivity contribution < 1.29 is 14.3 Å². The second-order valence-corrected chi connectivity index (χ2v) is 7.91. The standard InChI is InChI=1S/C22H27ClN2O3/c1-16-15-19(9-10-20(16)23)28-22(2,3)21(26)25-13-11-24(12-14-25)17-5-7-18(27-4)8-6-17/h5-10,15H,11-14H2,1-4H3. The predicted molar refractivity (Wildman–Crippen MR) is 113 cm³/mol. The third-order valence-corrected chi connectivity index (χ3v) is 5.45. The molecule has 0 radical (unpaired) electrons. The molecule has 1 amide bonds. The molecule has 0 atom stereocenters. The van der Waals surface area contributed by atoms with Crippen molar-refractivity contribution >= 4 is 23.2 Å². The third-order valence-electron chi connectivity index (χ3n) is 5.02. The van der Waals surface area contributed by atoms with Gasteiger partial charge >= 0.3 is 0 Å². The van der Waals surface area contributed by atoms with Gasteiger partial charge in [0.2, 0.25) is 0 Å². The van der Waals surface area contributed by atoms with Gasteiger partial charge in [-0.2, -0.15) is 0 Å². The summed E-state index contributed by atoms with van der Waals surface area (Å²) in [6.45, 7) is 8.45. The summed E-state index contributed by atoms with van der Waals surface area (Å²) in [4.78, 5) is 17.2. The Morgan fingerprint density at radius 2 is 1.61 bits per heavy atom. The van der Waals surface area contributed by atoms with Crippen molar-refractivity contribution in [3.63, 3.8) is 0 Å². The van der Waals surface area contributed by atoms with Crippen molar-refractivity contribution in [3.8, 4) is 11.5 Å². The smallest absolute Gasteiger partial charge is 0.266 e. The Kier molecular flexibility index (Phi) is 6.04. The molecule has 0 saturated carbocycles. The number of anilines is 1. The Morgan fingerprint density at radius 3 is 2.18 bits per heavy atom. The third kappa shape index (κ3) is 4.53. The molecule has 2 aromatic carbocycles. The number of carbonyl (C=O) groups is 1. The Hall–Kier alpha value is -2.40. The van der Waals surface area contributed by atoms with E-state index in [0.717, 1.165) is 30.1 Å². The van der Waals surface area contributed by atoms with E-state index in [1.165, 1.54) is 0 Å². The summed E-state index contributed by atoms with van der Waals surface area (Å²) >= 11 is 6.07. The summed E-state index contributed by atoms with van der Waals surface area (Å²) in [5, 5.41) is 0.686. The minimum atomic E-state index is -0.942. The van der Waals surface area contributed by atoms with Crippen molar-refractivity contribution in [1.82, 2.24) is 4.90 Å². The molecule has 2 aromatic rings. The van der Waals surface area contributed by atoms with Crippen molar-refractivity contribution in [2.45, 2.75) is 26.4 Å². The summed E-state index contributed by atoms with van der Waals surface area (Å²) in [5.41, 5.74) is 1.12. The van der Waals surface area contributed by atoms with Gasteiger partial charge in [0.1, 0.15) is 11.5 Å². The van der Waals surface area contributed by atoms with E-state index in [4.69, 9.17) is 21.1 Å². The first-order chi connectivity index (χ1) is 13.3. The molecule has 0 unspecified atom stereocenters. The highest BCUT2D eigenvalue weighted by Gasteiger charge is 2.35. The van der Waals surface area contributed by atoms with Crippen molar-refractivity contribution in [3.05, 3.63) is 53.1 Å². The highest BCUT2D eigenvalue weighted by molar-refractivity contribution is 6.31. The Morgan fingerprint density at radius 1 is 1.00 bits per heavy atom. The van der Waals surface area contributed by atoms with Crippen molar-refractivity contribution in [1.29, 1.82) is 0 Å². The number of piperazine rings is 1. The van der Waals surface area contributed by atoms with Gasteiger partial charge in [-0.1, -0.05) is 11.6 Å². The first-order valence-corrected chi connectivity index (χ1v) is 9.81. The number of hydrogen-bond donors (Lipinski definition) is 0. The van der Waals surface area contributed by atoms with Crippen LogP contribution < -0.4 is 14.4 Å². The first-order valence-electron chi connectivity index (χ1n) is 9.44. The highest BCUT2D eigenvalue weighted by atomic mass is 35.5. The quantitative estimate of drug-likeness (QED) is 0.753. The van der Waals surface area contributed by atoms with Gasteiger partial charge in [0.15, 0.2) is 5.60 Å². The Bertz CT molecular complexity index is 828. The van der Waals surface area contributed by atoms with E-state index in [1.54, 1.807) is 19.2 Å². The number of carbonyl (C=O) groups excluding carboxylic acids is 1. The maximum Gasteiger partial charge on any atom is 0.266 e. The van der Waals surface area contributed by atoms with Crippen LogP contribution >= 0.6 is 11.6 Å². The number of ether oxygens (including phenoxy) is 2. The lowest BCUT2D eigenvalue weighted by Crippen LogP contribution is -2.55. The predicted octanol–water partition coefficient (Wildman–Crippen LogP) is 4.16. The fourth-order valence-electron chi connectivity index (χ4n) is 3.36. The molecule has 5 nitrogen and oxygen atoms in total. The molecule has 0 aliphatic carbocycles. The molecule has 1 aliphatic rings. The summed E-state index contributed by atoms with van der Waals surface area (Å²) in [7, 11) is 1.66. The number of rotatable bonds is 5. The fourth-order valence-corrected chi connectivity index (χ4v) is 3.48. The summed E-state index contributed by atoms with van der Waals surface area (Å²) in [5.74, 6) is 1.49.